The Morgan fingerprint density at radius 3 is 2.46 bits per heavy atom. The predicted octanol–water partition coefficient (Wildman–Crippen LogP) is 4.07. The predicted molar refractivity (Wildman–Crippen MR) is 150 cm³/mol. The minimum atomic E-state index is -3.08. The molecule has 0 unspecified atom stereocenters. The van der Waals surface area contributed by atoms with E-state index in [0.717, 1.165) is 24.1 Å². The highest BCUT2D eigenvalue weighted by Crippen LogP contribution is 2.45. The second kappa shape index (κ2) is 10.9. The van der Waals surface area contributed by atoms with Crippen molar-refractivity contribution in [1.29, 1.82) is 5.26 Å². The number of carbonyl (C=O) groups is 1. The summed E-state index contributed by atoms with van der Waals surface area (Å²) in [5.74, 6) is -0.289. The van der Waals surface area contributed by atoms with E-state index in [2.05, 4.69) is 11.4 Å². The number of halogens is 1. The zero-order valence-corrected chi connectivity index (χ0v) is 23.3. The first-order valence-electron chi connectivity index (χ1n) is 13.9. The summed E-state index contributed by atoms with van der Waals surface area (Å²) in [5, 5.41) is 12.6. The number of hydrogen-bond donors (Lipinski definition) is 1. The van der Waals surface area contributed by atoms with E-state index in [0.29, 0.717) is 48.8 Å². The number of nitrogens with zero attached hydrogens (tertiary/aromatic N) is 3. The summed E-state index contributed by atoms with van der Waals surface area (Å²) in [6.45, 7) is 1.05. The van der Waals surface area contributed by atoms with Crippen molar-refractivity contribution in [2.45, 2.75) is 37.1 Å². The molecule has 2 aromatic carbocycles. The highest BCUT2D eigenvalue weighted by Gasteiger charge is 2.44. The van der Waals surface area contributed by atoms with E-state index < -0.39 is 21.3 Å². The van der Waals surface area contributed by atoms with Gasteiger partial charge in [0.15, 0.2) is 15.4 Å². The van der Waals surface area contributed by atoms with Crippen molar-refractivity contribution in [3.05, 3.63) is 60.1 Å². The molecule has 0 spiro atoms. The van der Waals surface area contributed by atoms with Gasteiger partial charge in [-0.1, -0.05) is 31.0 Å². The number of oxazole rings is 1. The number of amides is 1. The fourth-order valence-corrected chi connectivity index (χ4v) is 7.15. The maximum absolute atomic E-state index is 13.7. The summed E-state index contributed by atoms with van der Waals surface area (Å²) in [7, 11) is -3.08. The topological polar surface area (TPSA) is 126 Å². The van der Waals surface area contributed by atoms with Crippen LogP contribution in [0.25, 0.3) is 22.7 Å². The molecule has 11 heteroatoms. The van der Waals surface area contributed by atoms with Crippen LogP contribution in [0.1, 0.15) is 37.4 Å². The van der Waals surface area contributed by atoms with Gasteiger partial charge in [-0.05, 0) is 43.2 Å². The molecule has 0 bridgehead atoms. The van der Waals surface area contributed by atoms with E-state index in [4.69, 9.17) is 14.1 Å². The Morgan fingerprint density at radius 1 is 1.07 bits per heavy atom. The molecule has 2 aliphatic heterocycles. The molecule has 1 N–H and O–H groups in total. The Morgan fingerprint density at radius 2 is 1.78 bits per heavy atom. The number of rotatable bonds is 6. The van der Waals surface area contributed by atoms with Crippen LogP contribution in [0.5, 0.6) is 0 Å². The van der Waals surface area contributed by atoms with Crippen LogP contribution in [0.4, 0.5) is 10.1 Å². The van der Waals surface area contributed by atoms with Crippen molar-refractivity contribution in [3.63, 3.8) is 0 Å². The van der Waals surface area contributed by atoms with Crippen LogP contribution >= 0.6 is 0 Å². The number of nitriles is 1. The van der Waals surface area contributed by atoms with Crippen molar-refractivity contribution >= 4 is 21.4 Å². The smallest absolute Gasteiger partial charge is 0.226 e. The van der Waals surface area contributed by atoms with Gasteiger partial charge in [-0.25, -0.2) is 17.8 Å². The molecule has 1 saturated carbocycles. The van der Waals surface area contributed by atoms with Gasteiger partial charge < -0.3 is 19.4 Å². The van der Waals surface area contributed by atoms with Gasteiger partial charge in [-0.15, -0.1) is 0 Å². The number of anilines is 1. The molecule has 2 saturated heterocycles. The third kappa shape index (κ3) is 5.46. The third-order valence-electron chi connectivity index (χ3n) is 8.30. The number of ether oxygens (including phenoxy) is 1. The molecule has 9 nitrogen and oxygen atoms in total. The average Bonchev–Trinajstić information content (AvgIpc) is 3.40. The zero-order valence-electron chi connectivity index (χ0n) is 22.5. The molecule has 1 aromatic heterocycles. The van der Waals surface area contributed by atoms with Crippen molar-refractivity contribution in [2.75, 3.05) is 42.7 Å². The largest absolute Gasteiger partial charge is 0.440 e. The maximum atomic E-state index is 13.7. The van der Waals surface area contributed by atoms with Gasteiger partial charge in [0.25, 0.3) is 0 Å². The molecule has 6 rings (SSSR count). The van der Waals surface area contributed by atoms with E-state index in [9.17, 15) is 22.9 Å². The highest BCUT2D eigenvalue weighted by atomic mass is 32.2. The van der Waals surface area contributed by atoms with E-state index >= 15 is 0 Å². The Labute approximate surface area is 238 Å². The second-order valence-electron chi connectivity index (χ2n) is 11.1. The fourth-order valence-electron chi connectivity index (χ4n) is 5.95. The van der Waals surface area contributed by atoms with Gasteiger partial charge in [0.1, 0.15) is 17.3 Å². The van der Waals surface area contributed by atoms with Crippen LogP contribution in [0.2, 0.25) is 0 Å². The summed E-state index contributed by atoms with van der Waals surface area (Å²) in [6.07, 6.45) is 3.11. The van der Waals surface area contributed by atoms with Crippen LogP contribution in [0, 0.1) is 23.1 Å². The Kier molecular flexibility index (Phi) is 7.30. The van der Waals surface area contributed by atoms with Crippen LogP contribution in [0.15, 0.2) is 52.9 Å². The van der Waals surface area contributed by atoms with Crippen molar-refractivity contribution in [3.8, 4) is 28.8 Å². The van der Waals surface area contributed by atoms with Crippen molar-refractivity contribution in [1.82, 2.24) is 10.3 Å². The minimum Gasteiger partial charge on any atom is -0.440 e. The number of para-hydroxylation sites is 1. The van der Waals surface area contributed by atoms with E-state index in [1.165, 1.54) is 12.1 Å². The molecule has 1 aliphatic carbocycles. The lowest BCUT2D eigenvalue weighted by Crippen LogP contribution is -2.62. The number of aromatic nitrogens is 1. The van der Waals surface area contributed by atoms with Crippen molar-refractivity contribution in [2.24, 2.45) is 5.92 Å². The summed E-state index contributed by atoms with van der Waals surface area (Å²) >= 11 is 0. The zero-order chi connectivity index (χ0) is 28.6. The summed E-state index contributed by atoms with van der Waals surface area (Å²) in [5.41, 5.74) is 1.80. The van der Waals surface area contributed by atoms with Gasteiger partial charge >= 0.3 is 0 Å². The van der Waals surface area contributed by atoms with Gasteiger partial charge in [-0.3, -0.25) is 4.79 Å². The molecule has 3 fully saturated rings. The van der Waals surface area contributed by atoms with Crippen LogP contribution in [-0.4, -0.2) is 62.7 Å². The quantitative estimate of drug-likeness (QED) is 0.464. The SMILES string of the molecule is N#CC1(NC(=O)[C@@H]2CCCC[C@H]2c2oc(-c3ccc(F)cc3)nc2-c2ccccc2N2CCS(=O)(=O)CC2)COC1. The first-order chi connectivity index (χ1) is 19.8. The number of benzene rings is 2. The van der Waals surface area contributed by atoms with Gasteiger partial charge in [0, 0.05) is 41.7 Å². The number of carbonyl (C=O) groups excluding carboxylic acids is 1. The molecule has 3 aromatic rings. The lowest BCUT2D eigenvalue weighted by Gasteiger charge is -2.38. The lowest BCUT2D eigenvalue weighted by atomic mass is 9.76. The van der Waals surface area contributed by atoms with E-state index in [1.54, 1.807) is 12.1 Å². The number of nitrogens with one attached hydrogen (secondary N) is 1. The monoisotopic (exact) mass is 578 g/mol. The Balaban J connectivity index is 1.42. The molecule has 214 valence electrons. The van der Waals surface area contributed by atoms with E-state index in [1.807, 2.05) is 29.2 Å². The summed E-state index contributed by atoms with van der Waals surface area (Å²) in [4.78, 5) is 20.6. The maximum Gasteiger partial charge on any atom is 0.226 e. The molecule has 0 radical (unpaired) electrons. The highest BCUT2D eigenvalue weighted by molar-refractivity contribution is 7.91. The number of sulfone groups is 1. The van der Waals surface area contributed by atoms with Gasteiger partial charge in [-0.2, -0.15) is 5.26 Å². The van der Waals surface area contributed by atoms with Crippen molar-refractivity contribution < 1.29 is 26.8 Å². The molecule has 3 aliphatic rings. The fraction of sp³-hybridized carbons (Fsp3) is 0.433. The van der Waals surface area contributed by atoms with Gasteiger partial charge in [0.2, 0.25) is 11.8 Å². The summed E-state index contributed by atoms with van der Waals surface area (Å²) < 4.78 is 49.7. The molecule has 41 heavy (non-hydrogen) atoms. The van der Waals surface area contributed by atoms with Crippen LogP contribution in [0.3, 0.4) is 0 Å². The molecular weight excluding hydrogens is 547 g/mol. The molecule has 1 amide bonds. The molecular formula is C30H31FN4O5S. The third-order valence-corrected chi connectivity index (χ3v) is 9.91. The second-order valence-corrected chi connectivity index (χ2v) is 13.4. The van der Waals surface area contributed by atoms with Crippen LogP contribution in [-0.2, 0) is 19.4 Å². The Bertz CT molecular complexity index is 1580. The standard InChI is InChI=1S/C30H31FN4O5S/c31-21-11-9-20(10-12-21)29-33-26(24-7-3-4-8-25(24)35-13-15-41(37,38)16-14-35)27(40-29)22-5-1-2-6-23(22)28(36)34-30(17-32)18-39-19-30/h3-4,7-12,22-23H,1-2,5-6,13-16,18-19H2,(H,34,36)/t22-,23-/m1/s1. The minimum absolute atomic E-state index is 0.0725. The van der Waals surface area contributed by atoms with E-state index in [-0.39, 0.29) is 42.4 Å². The Hall–Kier alpha value is -3.75. The number of hydrogen-bond acceptors (Lipinski definition) is 8. The molecule has 3 heterocycles. The first kappa shape index (κ1) is 27.4. The average molecular weight is 579 g/mol. The normalized spacial score (nSPS) is 23.3. The lowest BCUT2D eigenvalue weighted by molar-refractivity contribution is -0.134. The van der Waals surface area contributed by atoms with Crippen LogP contribution < -0.4 is 10.2 Å². The summed E-state index contributed by atoms with van der Waals surface area (Å²) in [6, 6.07) is 15.8. The molecule has 2 atom stereocenters. The first-order valence-corrected chi connectivity index (χ1v) is 15.7. The van der Waals surface area contributed by atoms with Gasteiger partial charge in [0.05, 0.1) is 30.8 Å².